The Hall–Kier alpha value is -1.96. The summed E-state index contributed by atoms with van der Waals surface area (Å²) in [6, 6.07) is 12.4. The summed E-state index contributed by atoms with van der Waals surface area (Å²) >= 11 is 0. The van der Waals surface area contributed by atoms with Crippen molar-refractivity contribution in [2.45, 2.75) is 13.8 Å². The van der Waals surface area contributed by atoms with Crippen LogP contribution in [0.2, 0.25) is 0 Å². The van der Waals surface area contributed by atoms with Gasteiger partial charge >= 0.3 is 0 Å². The van der Waals surface area contributed by atoms with Crippen LogP contribution in [0, 0.1) is 19.7 Å². The molecule has 2 heteroatoms. The molecule has 2 aromatic rings. The lowest BCUT2D eigenvalue weighted by atomic mass is 10.1. The summed E-state index contributed by atoms with van der Waals surface area (Å²) in [6.45, 7) is 4.09. The van der Waals surface area contributed by atoms with Gasteiger partial charge in [0.25, 0.3) is 0 Å². The van der Waals surface area contributed by atoms with E-state index in [2.05, 4.69) is 11.1 Å². The summed E-state index contributed by atoms with van der Waals surface area (Å²) in [5, 5.41) is 0. The summed E-state index contributed by atoms with van der Waals surface area (Å²) in [4.78, 5) is 4.38. The van der Waals surface area contributed by atoms with Crippen LogP contribution in [0.15, 0.2) is 47.5 Å². The van der Waals surface area contributed by atoms with Crippen molar-refractivity contribution in [3.63, 3.8) is 0 Å². The second kappa shape index (κ2) is 4.91. The lowest BCUT2D eigenvalue weighted by Crippen LogP contribution is -1.82. The lowest BCUT2D eigenvalue weighted by molar-refractivity contribution is 0.628. The molecule has 17 heavy (non-hydrogen) atoms. The van der Waals surface area contributed by atoms with Gasteiger partial charge in [0.15, 0.2) is 0 Å². The minimum absolute atomic E-state index is 0.228. The molecule has 0 bridgehead atoms. The molecule has 0 atom stereocenters. The number of benzene rings is 2. The molecular weight excluding hydrogens is 213 g/mol. The molecule has 1 nitrogen and oxygen atoms in total. The van der Waals surface area contributed by atoms with Gasteiger partial charge in [-0.25, -0.2) is 4.39 Å². The van der Waals surface area contributed by atoms with Gasteiger partial charge < -0.3 is 0 Å². The molecule has 2 rings (SSSR count). The molecule has 0 aliphatic rings. The van der Waals surface area contributed by atoms with Crippen LogP contribution < -0.4 is 0 Å². The highest BCUT2D eigenvalue weighted by atomic mass is 19.1. The molecule has 2 aromatic carbocycles. The van der Waals surface area contributed by atoms with Crippen molar-refractivity contribution in [2.75, 3.05) is 0 Å². The van der Waals surface area contributed by atoms with E-state index in [1.807, 2.05) is 26.0 Å². The molecule has 86 valence electrons. The maximum absolute atomic E-state index is 12.7. The number of hydrogen-bond acceptors (Lipinski definition) is 1. The van der Waals surface area contributed by atoms with Crippen LogP contribution in [0.4, 0.5) is 10.1 Å². The van der Waals surface area contributed by atoms with Gasteiger partial charge in [-0.2, -0.15) is 0 Å². The van der Waals surface area contributed by atoms with Crippen LogP contribution in [0.25, 0.3) is 0 Å². The van der Waals surface area contributed by atoms with E-state index >= 15 is 0 Å². The van der Waals surface area contributed by atoms with Crippen LogP contribution in [0.3, 0.4) is 0 Å². The van der Waals surface area contributed by atoms with E-state index in [9.17, 15) is 4.39 Å². The Morgan fingerprint density at radius 3 is 2.12 bits per heavy atom. The van der Waals surface area contributed by atoms with Crippen molar-refractivity contribution in [1.29, 1.82) is 0 Å². The van der Waals surface area contributed by atoms with Crippen molar-refractivity contribution < 1.29 is 4.39 Å². The average Bonchev–Trinajstić information content (AvgIpc) is 2.27. The molecule has 0 saturated carbocycles. The highest BCUT2D eigenvalue weighted by molar-refractivity contribution is 5.81. The molecule has 0 unspecified atom stereocenters. The van der Waals surface area contributed by atoms with E-state index in [1.165, 1.54) is 23.3 Å². The summed E-state index contributed by atoms with van der Waals surface area (Å²) < 4.78 is 12.7. The topological polar surface area (TPSA) is 12.4 Å². The first-order valence-corrected chi connectivity index (χ1v) is 5.51. The van der Waals surface area contributed by atoms with E-state index in [1.54, 1.807) is 18.3 Å². The zero-order valence-electron chi connectivity index (χ0n) is 9.94. The molecule has 0 heterocycles. The van der Waals surface area contributed by atoms with Gasteiger partial charge in [-0.3, -0.25) is 4.99 Å². The van der Waals surface area contributed by atoms with E-state index < -0.39 is 0 Å². The van der Waals surface area contributed by atoms with E-state index in [0.29, 0.717) is 0 Å². The SMILES string of the molecule is Cc1cc(C)cc(N=Cc2ccc(F)cc2)c1. The van der Waals surface area contributed by atoms with Gasteiger partial charge in [-0.1, -0.05) is 18.2 Å². The summed E-state index contributed by atoms with van der Waals surface area (Å²) in [5.74, 6) is -0.228. The number of halogens is 1. The fraction of sp³-hybridized carbons (Fsp3) is 0.133. The zero-order chi connectivity index (χ0) is 12.3. The average molecular weight is 227 g/mol. The molecule has 0 fully saturated rings. The first kappa shape index (κ1) is 11.5. The predicted molar refractivity (Wildman–Crippen MR) is 69.6 cm³/mol. The number of aryl methyl sites for hydroxylation is 2. The largest absolute Gasteiger partial charge is 0.256 e. The fourth-order valence-corrected chi connectivity index (χ4v) is 1.72. The Bertz CT molecular complexity index is 521. The predicted octanol–water partition coefficient (Wildman–Crippen LogP) is 4.19. The molecule has 0 saturated heterocycles. The van der Waals surface area contributed by atoms with Crippen molar-refractivity contribution >= 4 is 11.9 Å². The van der Waals surface area contributed by atoms with Crippen LogP contribution >= 0.6 is 0 Å². The third-order valence-corrected chi connectivity index (χ3v) is 2.44. The standard InChI is InChI=1S/C15H14FN/c1-11-7-12(2)9-15(8-11)17-10-13-3-5-14(16)6-4-13/h3-10H,1-2H3. The third kappa shape index (κ3) is 3.25. The second-order valence-electron chi connectivity index (χ2n) is 4.16. The monoisotopic (exact) mass is 227 g/mol. The number of nitrogens with zero attached hydrogens (tertiary/aromatic N) is 1. The van der Waals surface area contributed by atoms with Crippen LogP contribution in [-0.2, 0) is 0 Å². The van der Waals surface area contributed by atoms with Crippen LogP contribution in [0.1, 0.15) is 16.7 Å². The zero-order valence-corrected chi connectivity index (χ0v) is 9.94. The molecule has 0 aliphatic heterocycles. The summed E-state index contributed by atoms with van der Waals surface area (Å²) in [6.07, 6.45) is 1.74. The quantitative estimate of drug-likeness (QED) is 0.682. The number of aliphatic imine (C=N–C) groups is 1. The highest BCUT2D eigenvalue weighted by Crippen LogP contribution is 2.16. The third-order valence-electron chi connectivity index (χ3n) is 2.44. The van der Waals surface area contributed by atoms with E-state index in [0.717, 1.165) is 11.3 Å². The Morgan fingerprint density at radius 2 is 1.53 bits per heavy atom. The molecule has 0 aromatic heterocycles. The van der Waals surface area contributed by atoms with Crippen molar-refractivity contribution in [3.8, 4) is 0 Å². The normalized spacial score (nSPS) is 11.0. The smallest absolute Gasteiger partial charge is 0.123 e. The maximum atomic E-state index is 12.7. The van der Waals surface area contributed by atoms with Gasteiger partial charge in [0.2, 0.25) is 0 Å². The minimum Gasteiger partial charge on any atom is -0.256 e. The maximum Gasteiger partial charge on any atom is 0.123 e. The van der Waals surface area contributed by atoms with Crippen LogP contribution in [0.5, 0.6) is 0 Å². The minimum atomic E-state index is -0.228. The lowest BCUT2D eigenvalue weighted by Gasteiger charge is -1.99. The van der Waals surface area contributed by atoms with Crippen molar-refractivity contribution in [2.24, 2.45) is 4.99 Å². The molecule has 0 amide bonds. The van der Waals surface area contributed by atoms with Crippen molar-refractivity contribution in [1.82, 2.24) is 0 Å². The summed E-state index contributed by atoms with van der Waals surface area (Å²) in [7, 11) is 0. The van der Waals surface area contributed by atoms with Gasteiger partial charge in [-0.05, 0) is 54.8 Å². The fourth-order valence-electron chi connectivity index (χ4n) is 1.72. The highest BCUT2D eigenvalue weighted by Gasteiger charge is 1.94. The Balaban J connectivity index is 2.22. The second-order valence-corrected chi connectivity index (χ2v) is 4.16. The summed E-state index contributed by atoms with van der Waals surface area (Å²) in [5.41, 5.74) is 4.20. The van der Waals surface area contributed by atoms with Gasteiger partial charge in [0, 0.05) is 6.21 Å². The molecule has 0 spiro atoms. The van der Waals surface area contributed by atoms with Gasteiger partial charge in [0.05, 0.1) is 5.69 Å². The molecular formula is C15H14FN. The Morgan fingerprint density at radius 1 is 0.941 bits per heavy atom. The number of rotatable bonds is 2. The van der Waals surface area contributed by atoms with Crippen LogP contribution in [-0.4, -0.2) is 6.21 Å². The van der Waals surface area contributed by atoms with E-state index in [4.69, 9.17) is 0 Å². The van der Waals surface area contributed by atoms with E-state index in [-0.39, 0.29) is 5.82 Å². The first-order valence-electron chi connectivity index (χ1n) is 5.51. The number of hydrogen-bond donors (Lipinski definition) is 0. The first-order chi connectivity index (χ1) is 8.13. The molecule has 0 radical (unpaired) electrons. The molecule has 0 N–H and O–H groups in total. The Labute approximate surface area is 101 Å². The van der Waals surface area contributed by atoms with Gasteiger partial charge in [0.1, 0.15) is 5.82 Å². The van der Waals surface area contributed by atoms with Crippen molar-refractivity contribution in [3.05, 3.63) is 65.0 Å². The molecule has 0 aliphatic carbocycles. The van der Waals surface area contributed by atoms with Gasteiger partial charge in [-0.15, -0.1) is 0 Å². The Kier molecular flexibility index (Phi) is 3.33.